The van der Waals surface area contributed by atoms with E-state index in [0.29, 0.717) is 0 Å². The summed E-state index contributed by atoms with van der Waals surface area (Å²) in [4.78, 5) is 18.2. The van der Waals surface area contributed by atoms with Crippen LogP contribution >= 0.6 is 0 Å². The lowest BCUT2D eigenvalue weighted by atomic mass is 10.1. The lowest BCUT2D eigenvalue weighted by Crippen LogP contribution is -2.23. The molecule has 20 heavy (non-hydrogen) atoms. The van der Waals surface area contributed by atoms with Gasteiger partial charge in [-0.15, -0.1) is 0 Å². The molecule has 0 bridgehead atoms. The fourth-order valence-electron chi connectivity index (χ4n) is 2.47. The van der Waals surface area contributed by atoms with Gasteiger partial charge in [-0.2, -0.15) is 0 Å². The topological polar surface area (TPSA) is 54.5 Å². The highest BCUT2D eigenvalue weighted by Crippen LogP contribution is 2.19. The van der Waals surface area contributed by atoms with Gasteiger partial charge < -0.3 is 10.1 Å². The Hall–Kier alpha value is -1.62. The number of carbonyl (C=O) groups is 1. The number of methoxy groups -OCH3 is 1. The van der Waals surface area contributed by atoms with Crippen LogP contribution in [0.3, 0.4) is 0 Å². The van der Waals surface area contributed by atoms with Crippen molar-refractivity contribution in [3.8, 4) is 0 Å². The summed E-state index contributed by atoms with van der Waals surface area (Å²) in [6.07, 6.45) is 3.88. The van der Waals surface area contributed by atoms with Crippen LogP contribution in [0.2, 0.25) is 0 Å². The van der Waals surface area contributed by atoms with Gasteiger partial charge in [0.1, 0.15) is 5.82 Å². The Balaban J connectivity index is 1.83. The SMILES string of the molecule is CCCNc1ccc(CN2CCC(C(=O)OC)C2)cn1. The molecular formula is C15H23N3O2. The molecule has 2 rings (SSSR count). The maximum Gasteiger partial charge on any atom is 0.310 e. The first kappa shape index (κ1) is 14.8. The summed E-state index contributed by atoms with van der Waals surface area (Å²) >= 11 is 0. The molecular weight excluding hydrogens is 254 g/mol. The lowest BCUT2D eigenvalue weighted by molar-refractivity contribution is -0.144. The second-order valence-corrected chi connectivity index (χ2v) is 5.22. The summed E-state index contributed by atoms with van der Waals surface area (Å²) in [5, 5.41) is 3.26. The summed E-state index contributed by atoms with van der Waals surface area (Å²) in [6, 6.07) is 4.11. The molecule has 0 spiro atoms. The first-order chi connectivity index (χ1) is 9.72. The number of likely N-dealkylation sites (tertiary alicyclic amines) is 1. The van der Waals surface area contributed by atoms with Crippen LogP contribution in [-0.2, 0) is 16.1 Å². The van der Waals surface area contributed by atoms with Gasteiger partial charge in [-0.3, -0.25) is 9.69 Å². The van der Waals surface area contributed by atoms with Crippen molar-refractivity contribution in [1.82, 2.24) is 9.88 Å². The molecule has 5 nitrogen and oxygen atoms in total. The van der Waals surface area contributed by atoms with Gasteiger partial charge in [0.15, 0.2) is 0 Å². The van der Waals surface area contributed by atoms with E-state index in [9.17, 15) is 4.79 Å². The monoisotopic (exact) mass is 277 g/mol. The molecule has 1 aromatic rings. The maximum atomic E-state index is 11.5. The summed E-state index contributed by atoms with van der Waals surface area (Å²) in [7, 11) is 1.46. The van der Waals surface area contributed by atoms with E-state index in [1.165, 1.54) is 12.7 Å². The molecule has 1 aliphatic rings. The first-order valence-corrected chi connectivity index (χ1v) is 7.22. The molecule has 1 fully saturated rings. The minimum Gasteiger partial charge on any atom is -0.469 e. The van der Waals surface area contributed by atoms with Gasteiger partial charge in [-0.1, -0.05) is 13.0 Å². The Bertz CT molecular complexity index is 433. The predicted octanol–water partition coefficient (Wildman–Crippen LogP) is 1.90. The minimum absolute atomic E-state index is 0.0263. The van der Waals surface area contributed by atoms with Gasteiger partial charge in [0, 0.05) is 25.8 Å². The number of esters is 1. The number of carbonyl (C=O) groups excluding carboxylic acids is 1. The highest BCUT2D eigenvalue weighted by Gasteiger charge is 2.28. The van der Waals surface area contributed by atoms with E-state index in [1.54, 1.807) is 0 Å². The molecule has 1 aromatic heterocycles. The van der Waals surface area contributed by atoms with E-state index in [0.717, 1.165) is 44.8 Å². The molecule has 1 saturated heterocycles. The molecule has 0 saturated carbocycles. The standard InChI is InChI=1S/C15H23N3O2/c1-3-7-16-14-5-4-12(9-17-14)10-18-8-6-13(11-18)15(19)20-2/h4-5,9,13H,3,6-8,10-11H2,1-2H3,(H,16,17). The van der Waals surface area contributed by atoms with Crippen molar-refractivity contribution in [2.45, 2.75) is 26.3 Å². The van der Waals surface area contributed by atoms with Crippen molar-refractivity contribution in [1.29, 1.82) is 0 Å². The molecule has 1 atom stereocenters. The molecule has 0 aliphatic carbocycles. The average molecular weight is 277 g/mol. The van der Waals surface area contributed by atoms with E-state index in [1.807, 2.05) is 12.3 Å². The Kier molecular flexibility index (Phi) is 5.35. The van der Waals surface area contributed by atoms with Crippen molar-refractivity contribution in [3.63, 3.8) is 0 Å². The Morgan fingerprint density at radius 2 is 2.40 bits per heavy atom. The lowest BCUT2D eigenvalue weighted by Gasteiger charge is -2.15. The van der Waals surface area contributed by atoms with Gasteiger partial charge in [-0.25, -0.2) is 4.98 Å². The van der Waals surface area contributed by atoms with E-state index >= 15 is 0 Å². The second-order valence-electron chi connectivity index (χ2n) is 5.22. The second kappa shape index (κ2) is 7.24. The van der Waals surface area contributed by atoms with Crippen LogP contribution in [0.15, 0.2) is 18.3 Å². The van der Waals surface area contributed by atoms with Crippen LogP contribution in [0.1, 0.15) is 25.3 Å². The van der Waals surface area contributed by atoms with Crippen LogP contribution in [0.5, 0.6) is 0 Å². The highest BCUT2D eigenvalue weighted by molar-refractivity contribution is 5.72. The zero-order chi connectivity index (χ0) is 14.4. The zero-order valence-electron chi connectivity index (χ0n) is 12.3. The van der Waals surface area contributed by atoms with Crippen molar-refractivity contribution in [2.75, 3.05) is 32.1 Å². The predicted molar refractivity (Wildman–Crippen MR) is 78.4 cm³/mol. The Labute approximate surface area is 120 Å². The van der Waals surface area contributed by atoms with E-state index in [4.69, 9.17) is 4.74 Å². The number of nitrogens with one attached hydrogen (secondary N) is 1. The smallest absolute Gasteiger partial charge is 0.310 e. The third kappa shape index (κ3) is 3.93. The van der Waals surface area contributed by atoms with Crippen LogP contribution in [0, 0.1) is 5.92 Å². The number of hydrogen-bond acceptors (Lipinski definition) is 5. The zero-order valence-corrected chi connectivity index (χ0v) is 12.3. The fourth-order valence-corrected chi connectivity index (χ4v) is 2.47. The van der Waals surface area contributed by atoms with Crippen LogP contribution in [-0.4, -0.2) is 42.6 Å². The van der Waals surface area contributed by atoms with Crippen molar-refractivity contribution in [3.05, 3.63) is 23.9 Å². The van der Waals surface area contributed by atoms with Crippen LogP contribution in [0.25, 0.3) is 0 Å². The summed E-state index contributed by atoms with van der Waals surface area (Å²) in [5.74, 6) is 0.854. The molecule has 110 valence electrons. The van der Waals surface area contributed by atoms with E-state index in [-0.39, 0.29) is 11.9 Å². The van der Waals surface area contributed by atoms with Gasteiger partial charge in [0.2, 0.25) is 0 Å². The third-order valence-electron chi connectivity index (χ3n) is 3.59. The summed E-state index contributed by atoms with van der Waals surface area (Å²) < 4.78 is 4.80. The minimum atomic E-state index is -0.0928. The molecule has 1 aliphatic heterocycles. The molecule has 0 radical (unpaired) electrons. The molecule has 0 aromatic carbocycles. The van der Waals surface area contributed by atoms with Crippen LogP contribution < -0.4 is 5.32 Å². The van der Waals surface area contributed by atoms with Gasteiger partial charge in [-0.05, 0) is 31.0 Å². The first-order valence-electron chi connectivity index (χ1n) is 7.22. The number of rotatable bonds is 6. The number of aromatic nitrogens is 1. The fraction of sp³-hybridized carbons (Fsp3) is 0.600. The highest BCUT2D eigenvalue weighted by atomic mass is 16.5. The quantitative estimate of drug-likeness (QED) is 0.805. The third-order valence-corrected chi connectivity index (χ3v) is 3.59. The van der Waals surface area contributed by atoms with E-state index < -0.39 is 0 Å². The molecule has 1 unspecified atom stereocenters. The van der Waals surface area contributed by atoms with Crippen molar-refractivity contribution < 1.29 is 9.53 Å². The molecule has 2 heterocycles. The van der Waals surface area contributed by atoms with Crippen molar-refractivity contribution in [2.24, 2.45) is 5.92 Å². The maximum absolute atomic E-state index is 11.5. The number of nitrogens with zero attached hydrogens (tertiary/aromatic N) is 2. The number of ether oxygens (including phenoxy) is 1. The Morgan fingerprint density at radius 1 is 1.55 bits per heavy atom. The normalized spacial score (nSPS) is 19.0. The number of pyridine rings is 1. The van der Waals surface area contributed by atoms with Gasteiger partial charge in [0.05, 0.1) is 13.0 Å². The van der Waals surface area contributed by atoms with Crippen LogP contribution in [0.4, 0.5) is 5.82 Å². The van der Waals surface area contributed by atoms with Gasteiger partial charge in [0.25, 0.3) is 0 Å². The molecule has 5 heteroatoms. The average Bonchev–Trinajstić information content (AvgIpc) is 2.94. The summed E-state index contributed by atoms with van der Waals surface area (Å²) in [6.45, 7) is 5.64. The van der Waals surface area contributed by atoms with Crippen molar-refractivity contribution >= 4 is 11.8 Å². The van der Waals surface area contributed by atoms with Gasteiger partial charge >= 0.3 is 5.97 Å². The largest absolute Gasteiger partial charge is 0.469 e. The Morgan fingerprint density at radius 3 is 3.05 bits per heavy atom. The number of hydrogen-bond donors (Lipinski definition) is 1. The molecule has 1 N–H and O–H groups in total. The molecule has 0 amide bonds. The van der Waals surface area contributed by atoms with E-state index in [2.05, 4.69) is 28.2 Å². The summed E-state index contributed by atoms with van der Waals surface area (Å²) in [5.41, 5.74) is 1.18. The number of anilines is 1.